The summed E-state index contributed by atoms with van der Waals surface area (Å²) in [5.41, 5.74) is 4.80. The first-order valence-corrected chi connectivity index (χ1v) is 7.61. The fourth-order valence-corrected chi connectivity index (χ4v) is 2.63. The van der Waals surface area contributed by atoms with Crippen LogP contribution in [0.25, 0.3) is 0 Å². The fourth-order valence-electron chi connectivity index (χ4n) is 2.63. The monoisotopic (exact) mass is 273 g/mol. The van der Waals surface area contributed by atoms with Crippen LogP contribution in [0.2, 0.25) is 0 Å². The minimum Gasteiger partial charge on any atom is -0.381 e. The first kappa shape index (κ1) is 15.0. The Morgan fingerprint density at radius 2 is 2.00 bits per heavy atom. The second-order valence-electron chi connectivity index (χ2n) is 6.09. The van der Waals surface area contributed by atoms with Crippen molar-refractivity contribution in [2.24, 2.45) is 0 Å². The third kappa shape index (κ3) is 4.34. The van der Waals surface area contributed by atoms with Crippen molar-refractivity contribution >= 4 is 5.69 Å². The van der Waals surface area contributed by atoms with Gasteiger partial charge in [-0.05, 0) is 52.7 Å². The van der Waals surface area contributed by atoms with Gasteiger partial charge in [-0.1, -0.05) is 11.6 Å². The maximum absolute atomic E-state index is 4.52. The van der Waals surface area contributed by atoms with Crippen LogP contribution in [0.5, 0.6) is 0 Å². The minimum atomic E-state index is 0.584. The third-order valence-electron chi connectivity index (χ3n) is 3.93. The molecule has 1 aromatic rings. The van der Waals surface area contributed by atoms with Crippen LogP contribution < -0.4 is 5.32 Å². The van der Waals surface area contributed by atoms with E-state index in [1.54, 1.807) is 0 Å². The van der Waals surface area contributed by atoms with Crippen LogP contribution in [0.15, 0.2) is 23.8 Å². The Labute approximate surface area is 123 Å². The maximum Gasteiger partial charge on any atom is 0.0606 e. The second kappa shape index (κ2) is 6.89. The summed E-state index contributed by atoms with van der Waals surface area (Å²) < 4.78 is 0. The summed E-state index contributed by atoms with van der Waals surface area (Å²) in [4.78, 5) is 7.06. The number of piperidine rings is 1. The molecule has 1 saturated heterocycles. The molecule has 20 heavy (non-hydrogen) atoms. The minimum absolute atomic E-state index is 0.584. The third-order valence-corrected chi connectivity index (χ3v) is 3.93. The van der Waals surface area contributed by atoms with Gasteiger partial charge in [-0.3, -0.25) is 9.88 Å². The van der Waals surface area contributed by atoms with Gasteiger partial charge in [0, 0.05) is 31.4 Å². The van der Waals surface area contributed by atoms with Gasteiger partial charge in [-0.2, -0.15) is 0 Å². The maximum atomic E-state index is 4.52. The Balaban J connectivity index is 1.83. The molecule has 0 bridgehead atoms. The number of allylic oxidation sites excluding steroid dienone is 1. The summed E-state index contributed by atoms with van der Waals surface area (Å²) >= 11 is 0. The standard InChI is InChI=1S/C17H27N3/c1-13(2)7-10-20-11-8-16(9-12-20)19-17-6-5-14(3)18-15(17)4/h5-7,16,19H,8-12H2,1-4H3. The van der Waals surface area contributed by atoms with Crippen LogP contribution in [0.3, 0.4) is 0 Å². The van der Waals surface area contributed by atoms with Gasteiger partial charge >= 0.3 is 0 Å². The van der Waals surface area contributed by atoms with Crippen molar-refractivity contribution in [1.82, 2.24) is 9.88 Å². The molecule has 0 unspecified atom stereocenters. The number of aromatic nitrogens is 1. The molecule has 1 N–H and O–H groups in total. The lowest BCUT2D eigenvalue weighted by Crippen LogP contribution is -2.39. The number of hydrogen-bond acceptors (Lipinski definition) is 3. The van der Waals surface area contributed by atoms with E-state index in [9.17, 15) is 0 Å². The van der Waals surface area contributed by atoms with Crippen molar-refractivity contribution in [3.8, 4) is 0 Å². The highest BCUT2D eigenvalue weighted by molar-refractivity contribution is 5.48. The smallest absolute Gasteiger partial charge is 0.0606 e. The predicted octanol–water partition coefficient (Wildman–Crippen LogP) is 3.54. The van der Waals surface area contributed by atoms with Crippen molar-refractivity contribution in [3.05, 3.63) is 35.2 Å². The van der Waals surface area contributed by atoms with Gasteiger partial charge < -0.3 is 5.32 Å². The number of rotatable bonds is 4. The Morgan fingerprint density at radius 1 is 1.30 bits per heavy atom. The van der Waals surface area contributed by atoms with Gasteiger partial charge in [0.05, 0.1) is 11.4 Å². The van der Waals surface area contributed by atoms with Crippen LogP contribution >= 0.6 is 0 Å². The van der Waals surface area contributed by atoms with Crippen LogP contribution in [-0.4, -0.2) is 35.6 Å². The van der Waals surface area contributed by atoms with E-state index >= 15 is 0 Å². The second-order valence-corrected chi connectivity index (χ2v) is 6.09. The van der Waals surface area contributed by atoms with Gasteiger partial charge in [-0.25, -0.2) is 0 Å². The van der Waals surface area contributed by atoms with E-state index in [1.165, 1.54) is 37.2 Å². The molecule has 3 heteroatoms. The molecular formula is C17H27N3. The highest BCUT2D eigenvalue weighted by Crippen LogP contribution is 2.19. The molecule has 1 aliphatic rings. The zero-order valence-electron chi connectivity index (χ0n) is 13.2. The lowest BCUT2D eigenvalue weighted by Gasteiger charge is -2.32. The molecule has 110 valence electrons. The van der Waals surface area contributed by atoms with Gasteiger partial charge in [0.25, 0.3) is 0 Å². The van der Waals surface area contributed by atoms with Crippen LogP contribution in [0, 0.1) is 13.8 Å². The molecule has 0 amide bonds. The molecule has 0 saturated carbocycles. The molecule has 2 rings (SSSR count). The highest BCUT2D eigenvalue weighted by atomic mass is 15.1. The average Bonchev–Trinajstić information content (AvgIpc) is 2.41. The summed E-state index contributed by atoms with van der Waals surface area (Å²) in [6, 6.07) is 4.83. The first-order valence-electron chi connectivity index (χ1n) is 7.61. The Hall–Kier alpha value is -1.35. The van der Waals surface area contributed by atoms with Gasteiger partial charge in [0.2, 0.25) is 0 Å². The number of nitrogens with zero attached hydrogens (tertiary/aromatic N) is 2. The van der Waals surface area contributed by atoms with E-state index < -0.39 is 0 Å². The van der Waals surface area contributed by atoms with Crippen molar-refractivity contribution in [2.45, 2.75) is 46.6 Å². The van der Waals surface area contributed by atoms with E-state index in [2.05, 4.69) is 54.2 Å². The van der Waals surface area contributed by atoms with Crippen LogP contribution in [0.4, 0.5) is 5.69 Å². The van der Waals surface area contributed by atoms with Gasteiger partial charge in [-0.15, -0.1) is 0 Å². The quantitative estimate of drug-likeness (QED) is 0.851. The SMILES string of the molecule is CC(C)=CCN1CCC(Nc2ccc(C)nc2C)CC1. The van der Waals surface area contributed by atoms with E-state index in [0.717, 1.165) is 17.9 Å². The zero-order valence-corrected chi connectivity index (χ0v) is 13.2. The Bertz CT molecular complexity index is 467. The largest absolute Gasteiger partial charge is 0.381 e. The molecule has 0 radical (unpaired) electrons. The summed E-state index contributed by atoms with van der Waals surface area (Å²) in [6.07, 6.45) is 4.75. The zero-order chi connectivity index (χ0) is 14.5. The van der Waals surface area contributed by atoms with Gasteiger partial charge in [0.1, 0.15) is 0 Å². The number of likely N-dealkylation sites (tertiary alicyclic amines) is 1. The number of aryl methyl sites for hydroxylation is 2. The predicted molar refractivity (Wildman–Crippen MR) is 86.2 cm³/mol. The van der Waals surface area contributed by atoms with Crippen LogP contribution in [0.1, 0.15) is 38.1 Å². The van der Waals surface area contributed by atoms with Crippen molar-refractivity contribution in [2.75, 3.05) is 25.0 Å². The highest BCUT2D eigenvalue weighted by Gasteiger charge is 2.18. The Kier molecular flexibility index (Phi) is 5.18. The lowest BCUT2D eigenvalue weighted by molar-refractivity contribution is 0.240. The van der Waals surface area contributed by atoms with E-state index in [0.29, 0.717) is 6.04 Å². The number of anilines is 1. The van der Waals surface area contributed by atoms with Crippen molar-refractivity contribution < 1.29 is 0 Å². The summed E-state index contributed by atoms with van der Waals surface area (Å²) in [5, 5.41) is 3.66. The lowest BCUT2D eigenvalue weighted by atomic mass is 10.0. The molecule has 2 heterocycles. The summed E-state index contributed by atoms with van der Waals surface area (Å²) in [6.45, 7) is 11.9. The van der Waals surface area contributed by atoms with Crippen LogP contribution in [-0.2, 0) is 0 Å². The molecular weight excluding hydrogens is 246 g/mol. The van der Waals surface area contributed by atoms with E-state index in [-0.39, 0.29) is 0 Å². The molecule has 1 fully saturated rings. The normalized spacial score (nSPS) is 17.0. The van der Waals surface area contributed by atoms with Crippen molar-refractivity contribution in [3.63, 3.8) is 0 Å². The van der Waals surface area contributed by atoms with Gasteiger partial charge in [0.15, 0.2) is 0 Å². The summed E-state index contributed by atoms with van der Waals surface area (Å²) in [7, 11) is 0. The molecule has 0 aliphatic carbocycles. The first-order chi connectivity index (χ1) is 9.54. The molecule has 0 atom stereocenters. The summed E-state index contributed by atoms with van der Waals surface area (Å²) in [5.74, 6) is 0. The topological polar surface area (TPSA) is 28.2 Å². The van der Waals surface area contributed by atoms with E-state index in [1.807, 2.05) is 6.92 Å². The molecule has 1 aliphatic heterocycles. The molecule has 1 aromatic heterocycles. The molecule has 3 nitrogen and oxygen atoms in total. The Morgan fingerprint density at radius 3 is 2.60 bits per heavy atom. The average molecular weight is 273 g/mol. The molecule has 0 spiro atoms. The fraction of sp³-hybridized carbons (Fsp3) is 0.588. The molecule has 0 aromatic carbocycles. The number of hydrogen-bond donors (Lipinski definition) is 1. The number of pyridine rings is 1. The van der Waals surface area contributed by atoms with Crippen molar-refractivity contribution in [1.29, 1.82) is 0 Å². The van der Waals surface area contributed by atoms with E-state index in [4.69, 9.17) is 0 Å². The number of nitrogens with one attached hydrogen (secondary N) is 1.